The summed E-state index contributed by atoms with van der Waals surface area (Å²) < 4.78 is 5.47. The molecule has 1 aliphatic carbocycles. The summed E-state index contributed by atoms with van der Waals surface area (Å²) in [7, 11) is 0. The Bertz CT molecular complexity index is 844. The summed E-state index contributed by atoms with van der Waals surface area (Å²) in [6.45, 7) is 2.85. The number of pyridine rings is 1. The predicted octanol–water partition coefficient (Wildman–Crippen LogP) is 2.72. The lowest BCUT2D eigenvalue weighted by Crippen LogP contribution is -2.37. The molecule has 3 N–H and O–H groups in total. The highest BCUT2D eigenvalue weighted by Crippen LogP contribution is 2.44. The summed E-state index contributed by atoms with van der Waals surface area (Å²) in [6, 6.07) is 6.39. The third-order valence-electron chi connectivity index (χ3n) is 5.46. The number of nitrogens with one attached hydrogen (secondary N) is 3. The average Bonchev–Trinajstić information content (AvgIpc) is 3.40. The molecule has 0 bridgehead atoms. The van der Waals surface area contributed by atoms with Gasteiger partial charge in [0, 0.05) is 30.9 Å². The van der Waals surface area contributed by atoms with E-state index in [2.05, 4.69) is 26.5 Å². The van der Waals surface area contributed by atoms with E-state index in [9.17, 15) is 5.26 Å². The minimum Gasteiger partial charge on any atom is -0.378 e. The van der Waals surface area contributed by atoms with Crippen molar-refractivity contribution in [3.63, 3.8) is 0 Å². The van der Waals surface area contributed by atoms with E-state index in [0.717, 1.165) is 50.2 Å². The molecule has 2 aromatic rings. The summed E-state index contributed by atoms with van der Waals surface area (Å²) >= 11 is 0. The molecule has 27 heavy (non-hydrogen) atoms. The topological polar surface area (TPSA) is 114 Å². The largest absolute Gasteiger partial charge is 0.378 e. The van der Waals surface area contributed by atoms with Crippen molar-refractivity contribution in [3.8, 4) is 6.07 Å². The molecule has 4 rings (SSSR count). The van der Waals surface area contributed by atoms with Crippen molar-refractivity contribution < 1.29 is 4.74 Å². The molecule has 2 fully saturated rings. The number of aromatic nitrogens is 3. The average molecular weight is 365 g/mol. The van der Waals surface area contributed by atoms with E-state index in [4.69, 9.17) is 15.1 Å². The number of aromatic amines is 1. The maximum Gasteiger partial charge on any atom is 0.143 e. The molecule has 0 radical (unpaired) electrons. The first-order valence-electron chi connectivity index (χ1n) is 9.32. The van der Waals surface area contributed by atoms with Gasteiger partial charge in [-0.3, -0.25) is 5.10 Å². The Labute approximate surface area is 158 Å². The fourth-order valence-corrected chi connectivity index (χ4v) is 4.01. The summed E-state index contributed by atoms with van der Waals surface area (Å²) in [5.41, 5.74) is 1.02. The van der Waals surface area contributed by atoms with Gasteiger partial charge in [0.2, 0.25) is 0 Å². The van der Waals surface area contributed by atoms with Gasteiger partial charge in [-0.1, -0.05) is 12.8 Å². The van der Waals surface area contributed by atoms with Crippen molar-refractivity contribution in [2.75, 3.05) is 36.5 Å². The Morgan fingerprint density at radius 3 is 2.74 bits per heavy atom. The summed E-state index contributed by atoms with van der Waals surface area (Å²) in [5, 5.41) is 28.1. The molecule has 0 unspecified atom stereocenters. The molecule has 0 aromatic carbocycles. The molecule has 1 aliphatic heterocycles. The maximum atomic E-state index is 10.0. The zero-order valence-electron chi connectivity index (χ0n) is 15.2. The molecule has 0 atom stereocenters. The molecule has 2 aromatic heterocycles. The number of nitriles is 1. The molecule has 1 saturated carbocycles. The molecule has 0 spiro atoms. The third-order valence-corrected chi connectivity index (χ3v) is 5.46. The van der Waals surface area contributed by atoms with Crippen LogP contribution in [0.4, 0.5) is 17.5 Å². The minimum absolute atomic E-state index is 0.554. The van der Waals surface area contributed by atoms with E-state index < -0.39 is 5.41 Å². The third kappa shape index (κ3) is 3.26. The molecular weight excluding hydrogens is 342 g/mol. The second-order valence-corrected chi connectivity index (χ2v) is 7.03. The SMILES string of the molecule is N#CC1(c2cc(N3CCOCC3)nc(Nc3ccn[nH]3)c2C=N)CCCC1. The number of nitrogens with zero attached hydrogens (tertiary/aromatic N) is 4. The first kappa shape index (κ1) is 17.5. The van der Waals surface area contributed by atoms with Gasteiger partial charge in [0.15, 0.2) is 0 Å². The highest BCUT2D eigenvalue weighted by Gasteiger charge is 2.39. The van der Waals surface area contributed by atoms with Gasteiger partial charge >= 0.3 is 0 Å². The van der Waals surface area contributed by atoms with Gasteiger partial charge in [-0.25, -0.2) is 4.98 Å². The zero-order chi connectivity index (χ0) is 18.7. The van der Waals surface area contributed by atoms with Gasteiger partial charge in [0.25, 0.3) is 0 Å². The van der Waals surface area contributed by atoms with Crippen molar-refractivity contribution in [2.45, 2.75) is 31.1 Å². The van der Waals surface area contributed by atoms with Crippen LogP contribution in [0, 0.1) is 16.7 Å². The van der Waals surface area contributed by atoms with Crippen LogP contribution in [0.3, 0.4) is 0 Å². The summed E-state index contributed by atoms with van der Waals surface area (Å²) in [5.74, 6) is 2.10. The fourth-order valence-electron chi connectivity index (χ4n) is 4.01. The van der Waals surface area contributed by atoms with Crippen molar-refractivity contribution in [3.05, 3.63) is 29.5 Å². The van der Waals surface area contributed by atoms with Crippen LogP contribution in [0.2, 0.25) is 0 Å². The quantitative estimate of drug-likeness (QED) is 0.702. The molecule has 3 heterocycles. The molecule has 8 nitrogen and oxygen atoms in total. The lowest BCUT2D eigenvalue weighted by molar-refractivity contribution is 0.122. The predicted molar refractivity (Wildman–Crippen MR) is 103 cm³/mol. The first-order valence-corrected chi connectivity index (χ1v) is 9.32. The summed E-state index contributed by atoms with van der Waals surface area (Å²) in [4.78, 5) is 6.97. The van der Waals surface area contributed by atoms with Crippen molar-refractivity contribution in [2.24, 2.45) is 0 Å². The number of ether oxygens (including phenoxy) is 1. The maximum absolute atomic E-state index is 10.0. The van der Waals surface area contributed by atoms with E-state index in [0.29, 0.717) is 30.4 Å². The number of H-pyrrole nitrogens is 1. The Balaban J connectivity index is 1.84. The second-order valence-electron chi connectivity index (χ2n) is 7.03. The smallest absolute Gasteiger partial charge is 0.143 e. The highest BCUT2D eigenvalue weighted by molar-refractivity contribution is 5.89. The van der Waals surface area contributed by atoms with Gasteiger partial charge < -0.3 is 20.4 Å². The van der Waals surface area contributed by atoms with Crippen LogP contribution in [-0.2, 0) is 10.2 Å². The standard InChI is InChI=1S/C19H23N7O/c20-12-14-15(19(13-21)4-1-2-5-19)11-17(26-7-9-27-10-8-26)24-18(14)23-16-3-6-22-25-16/h3,6,11-12,20H,1-2,4-5,7-10H2,(H2,22,23,24,25). The van der Waals surface area contributed by atoms with Gasteiger partial charge in [0.1, 0.15) is 17.5 Å². The van der Waals surface area contributed by atoms with Crippen LogP contribution in [0.15, 0.2) is 18.3 Å². The van der Waals surface area contributed by atoms with Gasteiger partial charge in [-0.15, -0.1) is 0 Å². The molecular formula is C19H23N7O. The van der Waals surface area contributed by atoms with Crippen LogP contribution < -0.4 is 10.2 Å². The zero-order valence-corrected chi connectivity index (χ0v) is 15.2. The van der Waals surface area contributed by atoms with Crippen molar-refractivity contribution in [1.29, 1.82) is 10.7 Å². The van der Waals surface area contributed by atoms with Crippen LogP contribution in [-0.4, -0.2) is 47.7 Å². The monoisotopic (exact) mass is 365 g/mol. The number of anilines is 3. The molecule has 140 valence electrons. The van der Waals surface area contributed by atoms with Gasteiger partial charge in [-0.2, -0.15) is 10.4 Å². The van der Waals surface area contributed by atoms with Crippen LogP contribution in [0.1, 0.15) is 36.8 Å². The fraction of sp³-hybridized carbons (Fsp3) is 0.474. The molecule has 2 aliphatic rings. The normalized spacial score (nSPS) is 18.9. The number of hydrogen-bond donors (Lipinski definition) is 3. The second kappa shape index (κ2) is 7.37. The van der Waals surface area contributed by atoms with Crippen LogP contribution in [0.25, 0.3) is 0 Å². The van der Waals surface area contributed by atoms with Crippen LogP contribution >= 0.6 is 0 Å². The van der Waals surface area contributed by atoms with Crippen molar-refractivity contribution in [1.82, 2.24) is 15.2 Å². The van der Waals surface area contributed by atoms with Crippen LogP contribution in [0.5, 0.6) is 0 Å². The molecule has 0 amide bonds. The number of rotatable bonds is 5. The van der Waals surface area contributed by atoms with Crippen molar-refractivity contribution >= 4 is 23.7 Å². The van der Waals surface area contributed by atoms with E-state index >= 15 is 0 Å². The van der Waals surface area contributed by atoms with E-state index in [1.165, 1.54) is 6.21 Å². The lowest BCUT2D eigenvalue weighted by Gasteiger charge is -2.31. The Hall–Kier alpha value is -2.92. The molecule has 8 heteroatoms. The first-order chi connectivity index (χ1) is 13.3. The van der Waals surface area contributed by atoms with Gasteiger partial charge in [0.05, 0.1) is 30.9 Å². The number of morpholine rings is 1. The van der Waals surface area contributed by atoms with E-state index in [1.54, 1.807) is 6.20 Å². The minimum atomic E-state index is -0.554. The Kier molecular flexibility index (Phi) is 4.77. The van der Waals surface area contributed by atoms with E-state index in [-0.39, 0.29) is 0 Å². The highest BCUT2D eigenvalue weighted by atomic mass is 16.5. The van der Waals surface area contributed by atoms with Gasteiger partial charge in [-0.05, 0) is 24.5 Å². The lowest BCUT2D eigenvalue weighted by atomic mass is 9.78. The Morgan fingerprint density at radius 1 is 1.33 bits per heavy atom. The number of hydrogen-bond acceptors (Lipinski definition) is 7. The summed E-state index contributed by atoms with van der Waals surface area (Å²) in [6.07, 6.45) is 6.67. The van der Waals surface area contributed by atoms with E-state index in [1.807, 2.05) is 12.1 Å². The molecule has 1 saturated heterocycles. The Morgan fingerprint density at radius 2 is 2.11 bits per heavy atom.